The smallest absolute Gasteiger partial charge is 0.311 e. The predicted octanol–water partition coefficient (Wildman–Crippen LogP) is 2.00. The zero-order valence-electron chi connectivity index (χ0n) is 19.5. The third-order valence-corrected chi connectivity index (χ3v) is 5.56. The number of hydrogen-bond acceptors (Lipinski definition) is 7. The number of esters is 1. The van der Waals surface area contributed by atoms with Crippen molar-refractivity contribution in [1.82, 2.24) is 10.4 Å². The molecule has 1 atom stereocenters. The number of amides is 3. The molecule has 0 radical (unpaired) electrons. The van der Waals surface area contributed by atoms with Crippen molar-refractivity contribution in [2.75, 3.05) is 32.7 Å². The molecule has 0 spiro atoms. The van der Waals surface area contributed by atoms with Crippen molar-refractivity contribution in [2.24, 2.45) is 5.92 Å². The van der Waals surface area contributed by atoms with Gasteiger partial charge < -0.3 is 19.5 Å². The van der Waals surface area contributed by atoms with Crippen LogP contribution in [0.3, 0.4) is 0 Å². The number of rotatable bonds is 8. The van der Waals surface area contributed by atoms with Crippen LogP contribution in [0.2, 0.25) is 0 Å². The Labute approximate surface area is 197 Å². The Balaban J connectivity index is 1.52. The van der Waals surface area contributed by atoms with Crippen molar-refractivity contribution in [3.05, 3.63) is 53.1 Å². The average Bonchev–Trinajstić information content (AvgIpc) is 3.20. The Bertz CT molecular complexity index is 1120. The molecular weight excluding hydrogens is 442 g/mol. The van der Waals surface area contributed by atoms with Gasteiger partial charge in [0, 0.05) is 17.7 Å². The van der Waals surface area contributed by atoms with Crippen LogP contribution in [0.4, 0.5) is 5.69 Å². The van der Waals surface area contributed by atoms with Crippen LogP contribution in [0.15, 0.2) is 36.4 Å². The monoisotopic (exact) mass is 469 g/mol. The molecule has 0 aromatic heterocycles. The van der Waals surface area contributed by atoms with E-state index in [4.69, 9.17) is 14.2 Å². The fraction of sp³-hybridized carbons (Fsp3) is 0.333. The Morgan fingerprint density at radius 2 is 1.79 bits per heavy atom. The Morgan fingerprint density at radius 1 is 1.06 bits per heavy atom. The normalized spacial score (nSPS) is 15.0. The van der Waals surface area contributed by atoms with Crippen molar-refractivity contribution < 1.29 is 33.4 Å². The summed E-state index contributed by atoms with van der Waals surface area (Å²) in [6.07, 6.45) is -0.135. The molecular formula is C24H27N3O7. The van der Waals surface area contributed by atoms with Gasteiger partial charge in [-0.2, -0.15) is 0 Å². The van der Waals surface area contributed by atoms with Crippen molar-refractivity contribution in [1.29, 1.82) is 0 Å². The summed E-state index contributed by atoms with van der Waals surface area (Å²) in [5, 5.41) is 3.78. The van der Waals surface area contributed by atoms with Crippen LogP contribution < -0.4 is 20.2 Å². The largest absolute Gasteiger partial charge is 0.493 e. The summed E-state index contributed by atoms with van der Waals surface area (Å²) < 4.78 is 15.4. The minimum atomic E-state index is -0.799. The third kappa shape index (κ3) is 5.64. The fourth-order valence-electron chi connectivity index (χ4n) is 3.47. The lowest BCUT2D eigenvalue weighted by molar-refractivity contribution is -0.151. The summed E-state index contributed by atoms with van der Waals surface area (Å²) in [7, 11) is 2.93. The van der Waals surface area contributed by atoms with Crippen molar-refractivity contribution in [3.8, 4) is 11.5 Å². The molecule has 180 valence electrons. The molecule has 2 aromatic rings. The molecule has 1 aliphatic rings. The second-order valence-corrected chi connectivity index (χ2v) is 7.82. The summed E-state index contributed by atoms with van der Waals surface area (Å²) in [6.45, 7) is 3.27. The molecule has 2 aromatic carbocycles. The van der Waals surface area contributed by atoms with Crippen molar-refractivity contribution in [2.45, 2.75) is 20.3 Å². The predicted molar refractivity (Wildman–Crippen MR) is 122 cm³/mol. The first-order valence-corrected chi connectivity index (χ1v) is 10.6. The maximum Gasteiger partial charge on any atom is 0.311 e. The van der Waals surface area contributed by atoms with Gasteiger partial charge in [-0.3, -0.25) is 29.6 Å². The number of methoxy groups -OCH3 is 2. The standard InChI is InChI=1S/C24H27N3O7/c1-14-6-5-7-18(15(14)2)25-21(28)13-34-24(31)17-11-22(29)27(12-17)26-23(30)16-8-9-19(32-3)20(10-16)33-4/h5-10,17H,11-13H2,1-4H3,(H,25,28)(H,26,30)/t17-/m0/s1. The maximum absolute atomic E-state index is 12.6. The molecule has 1 aliphatic heterocycles. The first kappa shape index (κ1) is 24.6. The van der Waals surface area contributed by atoms with E-state index in [1.165, 1.54) is 26.4 Å². The van der Waals surface area contributed by atoms with Crippen molar-refractivity contribution in [3.63, 3.8) is 0 Å². The molecule has 34 heavy (non-hydrogen) atoms. The number of carbonyl (C=O) groups excluding carboxylic acids is 4. The van der Waals surface area contributed by atoms with Crippen LogP contribution >= 0.6 is 0 Å². The Kier molecular flexibility index (Phi) is 7.72. The highest BCUT2D eigenvalue weighted by Gasteiger charge is 2.36. The number of carbonyl (C=O) groups is 4. The van der Waals surface area contributed by atoms with Gasteiger partial charge in [0.1, 0.15) is 0 Å². The van der Waals surface area contributed by atoms with Crippen LogP contribution in [0.5, 0.6) is 11.5 Å². The second kappa shape index (κ2) is 10.7. The van der Waals surface area contributed by atoms with Crippen LogP contribution in [0.25, 0.3) is 0 Å². The van der Waals surface area contributed by atoms with E-state index in [-0.39, 0.29) is 18.5 Å². The highest BCUT2D eigenvalue weighted by molar-refractivity contribution is 5.97. The second-order valence-electron chi connectivity index (χ2n) is 7.82. The summed E-state index contributed by atoms with van der Waals surface area (Å²) in [5.74, 6) is -2.12. The van der Waals surface area contributed by atoms with E-state index in [0.29, 0.717) is 17.2 Å². The SMILES string of the molecule is COc1ccc(C(=O)NN2C[C@@H](C(=O)OCC(=O)Nc3cccc(C)c3C)CC2=O)cc1OC. The van der Waals surface area contributed by atoms with E-state index in [9.17, 15) is 19.2 Å². The topological polar surface area (TPSA) is 123 Å². The Morgan fingerprint density at radius 3 is 2.50 bits per heavy atom. The van der Waals surface area contributed by atoms with Gasteiger partial charge in [0.25, 0.3) is 11.8 Å². The summed E-state index contributed by atoms with van der Waals surface area (Å²) >= 11 is 0. The lowest BCUT2D eigenvalue weighted by Gasteiger charge is -2.18. The molecule has 3 rings (SSSR count). The van der Waals surface area contributed by atoms with Gasteiger partial charge in [0.15, 0.2) is 18.1 Å². The van der Waals surface area contributed by atoms with Gasteiger partial charge in [-0.05, 0) is 49.2 Å². The fourth-order valence-corrected chi connectivity index (χ4v) is 3.47. The van der Waals surface area contributed by atoms with Crippen LogP contribution in [-0.2, 0) is 19.1 Å². The van der Waals surface area contributed by atoms with Gasteiger partial charge in [0.2, 0.25) is 5.91 Å². The van der Waals surface area contributed by atoms with E-state index in [2.05, 4.69) is 10.7 Å². The number of benzene rings is 2. The molecule has 1 saturated heterocycles. The molecule has 0 unspecified atom stereocenters. The summed E-state index contributed by atoms with van der Waals surface area (Å²) in [4.78, 5) is 49.5. The molecule has 0 aliphatic carbocycles. The minimum absolute atomic E-state index is 0.0602. The van der Waals surface area contributed by atoms with Crippen LogP contribution in [0, 0.1) is 19.8 Å². The molecule has 10 heteroatoms. The number of aryl methyl sites for hydroxylation is 1. The number of nitrogens with zero attached hydrogens (tertiary/aromatic N) is 1. The van der Waals surface area contributed by atoms with E-state index < -0.39 is 36.2 Å². The molecule has 1 heterocycles. The molecule has 10 nitrogen and oxygen atoms in total. The van der Waals surface area contributed by atoms with Crippen LogP contribution in [-0.4, -0.2) is 56.1 Å². The van der Waals surface area contributed by atoms with E-state index >= 15 is 0 Å². The first-order chi connectivity index (χ1) is 16.2. The van der Waals surface area contributed by atoms with Gasteiger partial charge in [0.05, 0.1) is 26.7 Å². The van der Waals surface area contributed by atoms with Crippen molar-refractivity contribution >= 4 is 29.4 Å². The molecule has 0 saturated carbocycles. The first-order valence-electron chi connectivity index (χ1n) is 10.6. The number of hydrazine groups is 1. The Hall–Kier alpha value is -4.08. The molecule has 1 fully saturated rings. The number of hydrogen-bond donors (Lipinski definition) is 2. The molecule has 0 bridgehead atoms. The van der Waals surface area contributed by atoms with Gasteiger partial charge in [-0.25, -0.2) is 0 Å². The van der Waals surface area contributed by atoms with Gasteiger partial charge in [-0.1, -0.05) is 12.1 Å². The third-order valence-electron chi connectivity index (χ3n) is 5.56. The molecule has 2 N–H and O–H groups in total. The highest BCUT2D eigenvalue weighted by Crippen LogP contribution is 2.27. The zero-order chi connectivity index (χ0) is 24.8. The number of nitrogens with one attached hydrogen (secondary N) is 2. The van der Waals surface area contributed by atoms with E-state index in [1.807, 2.05) is 26.0 Å². The minimum Gasteiger partial charge on any atom is -0.493 e. The van der Waals surface area contributed by atoms with E-state index in [0.717, 1.165) is 16.1 Å². The maximum atomic E-state index is 12.6. The lowest BCUT2D eigenvalue weighted by Crippen LogP contribution is -2.43. The summed E-state index contributed by atoms with van der Waals surface area (Å²) in [5.41, 5.74) is 5.32. The van der Waals surface area contributed by atoms with E-state index in [1.54, 1.807) is 12.1 Å². The average molecular weight is 469 g/mol. The molecule has 3 amide bonds. The summed E-state index contributed by atoms with van der Waals surface area (Å²) in [6, 6.07) is 10.1. The number of anilines is 1. The van der Waals surface area contributed by atoms with Gasteiger partial charge >= 0.3 is 5.97 Å². The number of ether oxygens (including phenoxy) is 3. The highest BCUT2D eigenvalue weighted by atomic mass is 16.5. The van der Waals surface area contributed by atoms with Crippen LogP contribution in [0.1, 0.15) is 27.9 Å². The zero-order valence-corrected chi connectivity index (χ0v) is 19.5. The quantitative estimate of drug-likeness (QED) is 0.567. The lowest BCUT2D eigenvalue weighted by atomic mass is 10.1. The van der Waals surface area contributed by atoms with Gasteiger partial charge in [-0.15, -0.1) is 0 Å².